The van der Waals surface area contributed by atoms with Crippen LogP contribution < -0.4 is 10.5 Å². The molecule has 1 aromatic carbocycles. The van der Waals surface area contributed by atoms with Crippen LogP contribution in [-0.2, 0) is 4.79 Å². The zero-order valence-electron chi connectivity index (χ0n) is 9.19. The minimum atomic E-state index is -0.279. The van der Waals surface area contributed by atoms with Gasteiger partial charge in [-0.15, -0.1) is 0 Å². The fourth-order valence-corrected chi connectivity index (χ4v) is 1.24. The summed E-state index contributed by atoms with van der Waals surface area (Å²) in [6.07, 6.45) is 0.256. The number of hydrogen-bond donors (Lipinski definition) is 1. The van der Waals surface area contributed by atoms with Gasteiger partial charge in [-0.2, -0.15) is 0 Å². The van der Waals surface area contributed by atoms with Crippen LogP contribution in [-0.4, -0.2) is 12.5 Å². The van der Waals surface area contributed by atoms with E-state index in [2.05, 4.69) is 13.8 Å². The first-order valence-corrected chi connectivity index (χ1v) is 5.14. The number of hydrogen-bond acceptors (Lipinski definition) is 3. The van der Waals surface area contributed by atoms with Crippen LogP contribution in [0.4, 0.5) is 0 Å². The number of rotatable bonds is 4. The summed E-state index contributed by atoms with van der Waals surface area (Å²) in [5, 5.41) is 0. The van der Waals surface area contributed by atoms with E-state index in [9.17, 15) is 4.79 Å². The Bertz CT molecular complexity index is 334. The summed E-state index contributed by atoms with van der Waals surface area (Å²) in [7, 11) is 0. The van der Waals surface area contributed by atoms with Gasteiger partial charge in [0.2, 0.25) is 0 Å². The van der Waals surface area contributed by atoms with Crippen molar-refractivity contribution in [3.05, 3.63) is 29.8 Å². The van der Waals surface area contributed by atoms with Gasteiger partial charge in [0, 0.05) is 6.54 Å². The van der Waals surface area contributed by atoms with Crippen molar-refractivity contribution in [2.75, 3.05) is 6.54 Å². The maximum absolute atomic E-state index is 11.2. The van der Waals surface area contributed by atoms with E-state index in [1.54, 1.807) is 6.07 Å². The van der Waals surface area contributed by atoms with Gasteiger partial charge in [-0.05, 0) is 23.6 Å². The molecule has 0 atom stereocenters. The van der Waals surface area contributed by atoms with Crippen molar-refractivity contribution in [1.82, 2.24) is 0 Å². The smallest absolute Gasteiger partial charge is 0.312 e. The van der Waals surface area contributed by atoms with Gasteiger partial charge in [0.05, 0.1) is 6.42 Å². The maximum Gasteiger partial charge on any atom is 0.312 e. The number of benzene rings is 1. The van der Waals surface area contributed by atoms with Crippen molar-refractivity contribution in [3.8, 4) is 5.75 Å². The normalized spacial score (nSPS) is 10.4. The Morgan fingerprint density at radius 3 is 2.80 bits per heavy atom. The maximum atomic E-state index is 11.2. The predicted octanol–water partition coefficient (Wildman–Crippen LogP) is 2.06. The molecule has 0 spiro atoms. The van der Waals surface area contributed by atoms with Gasteiger partial charge in [0.1, 0.15) is 5.75 Å². The summed E-state index contributed by atoms with van der Waals surface area (Å²) in [5.41, 5.74) is 6.42. The average Bonchev–Trinajstić information content (AvgIpc) is 2.18. The first-order valence-electron chi connectivity index (χ1n) is 5.14. The lowest BCUT2D eigenvalue weighted by Gasteiger charge is -2.08. The highest BCUT2D eigenvalue weighted by atomic mass is 16.5. The summed E-state index contributed by atoms with van der Waals surface area (Å²) in [4.78, 5) is 11.2. The van der Waals surface area contributed by atoms with Gasteiger partial charge in [-0.1, -0.05) is 26.0 Å². The van der Waals surface area contributed by atoms with Crippen LogP contribution in [0.1, 0.15) is 31.7 Å². The minimum absolute atomic E-state index is 0.256. The van der Waals surface area contributed by atoms with Crippen molar-refractivity contribution in [2.45, 2.75) is 26.2 Å². The van der Waals surface area contributed by atoms with Gasteiger partial charge < -0.3 is 10.5 Å². The quantitative estimate of drug-likeness (QED) is 0.607. The molecule has 0 saturated heterocycles. The van der Waals surface area contributed by atoms with Crippen LogP contribution in [0.25, 0.3) is 0 Å². The van der Waals surface area contributed by atoms with E-state index in [-0.39, 0.29) is 12.4 Å². The largest absolute Gasteiger partial charge is 0.426 e. The highest BCUT2D eigenvalue weighted by Crippen LogP contribution is 2.20. The summed E-state index contributed by atoms with van der Waals surface area (Å²) in [5.74, 6) is 0.746. The molecule has 0 fully saturated rings. The highest BCUT2D eigenvalue weighted by molar-refractivity contribution is 5.72. The standard InChI is InChI=1S/C12H17NO2/c1-9(2)10-4-3-5-11(8-10)15-12(14)6-7-13/h3-5,8-9H,6-7,13H2,1-2H3. The molecule has 2 N–H and O–H groups in total. The molecular weight excluding hydrogens is 190 g/mol. The number of ether oxygens (including phenoxy) is 1. The molecular formula is C12H17NO2. The van der Waals surface area contributed by atoms with E-state index in [4.69, 9.17) is 10.5 Å². The topological polar surface area (TPSA) is 52.3 Å². The third-order valence-corrected chi connectivity index (χ3v) is 2.10. The SMILES string of the molecule is CC(C)c1cccc(OC(=O)CCN)c1. The molecule has 1 aromatic rings. The van der Waals surface area contributed by atoms with Crippen molar-refractivity contribution in [3.63, 3.8) is 0 Å². The fraction of sp³-hybridized carbons (Fsp3) is 0.417. The molecule has 0 radical (unpaired) electrons. The lowest BCUT2D eigenvalue weighted by Crippen LogP contribution is -2.13. The summed E-state index contributed by atoms with van der Waals surface area (Å²) in [6, 6.07) is 7.57. The molecule has 82 valence electrons. The second kappa shape index (κ2) is 5.51. The molecule has 0 aromatic heterocycles. The van der Waals surface area contributed by atoms with Gasteiger partial charge in [-0.25, -0.2) is 0 Å². The second-order valence-corrected chi connectivity index (χ2v) is 3.74. The third kappa shape index (κ3) is 3.72. The van der Waals surface area contributed by atoms with Crippen LogP contribution in [0.5, 0.6) is 5.75 Å². The van der Waals surface area contributed by atoms with E-state index in [0.717, 1.165) is 5.56 Å². The number of carbonyl (C=O) groups excluding carboxylic acids is 1. The Labute approximate surface area is 90.2 Å². The number of esters is 1. The van der Waals surface area contributed by atoms with Crippen LogP contribution in [0, 0.1) is 0 Å². The monoisotopic (exact) mass is 207 g/mol. The first-order chi connectivity index (χ1) is 7.13. The van der Waals surface area contributed by atoms with Crippen molar-refractivity contribution in [1.29, 1.82) is 0 Å². The Kier molecular flexibility index (Phi) is 4.31. The third-order valence-electron chi connectivity index (χ3n) is 2.10. The van der Waals surface area contributed by atoms with E-state index < -0.39 is 0 Å². The molecule has 0 aliphatic carbocycles. The van der Waals surface area contributed by atoms with Crippen LogP contribution in [0.15, 0.2) is 24.3 Å². The number of nitrogens with two attached hydrogens (primary N) is 1. The summed E-state index contributed by atoms with van der Waals surface area (Å²) in [6.45, 7) is 4.52. The van der Waals surface area contributed by atoms with Gasteiger partial charge in [0.25, 0.3) is 0 Å². The zero-order valence-corrected chi connectivity index (χ0v) is 9.19. The molecule has 0 aliphatic rings. The lowest BCUT2D eigenvalue weighted by molar-refractivity contribution is -0.134. The molecule has 0 amide bonds. The number of carbonyl (C=O) groups is 1. The van der Waals surface area contributed by atoms with Gasteiger partial charge in [-0.3, -0.25) is 4.79 Å². The zero-order chi connectivity index (χ0) is 11.3. The first kappa shape index (κ1) is 11.7. The van der Waals surface area contributed by atoms with E-state index in [1.807, 2.05) is 18.2 Å². The van der Waals surface area contributed by atoms with Crippen molar-refractivity contribution >= 4 is 5.97 Å². The molecule has 15 heavy (non-hydrogen) atoms. The molecule has 0 aliphatic heterocycles. The molecule has 3 nitrogen and oxygen atoms in total. The Morgan fingerprint density at radius 1 is 1.47 bits per heavy atom. The summed E-state index contributed by atoms with van der Waals surface area (Å²) < 4.78 is 5.13. The molecule has 3 heteroatoms. The Hall–Kier alpha value is -1.35. The molecule has 0 heterocycles. The molecule has 0 saturated carbocycles. The Balaban J connectivity index is 2.69. The van der Waals surface area contributed by atoms with Crippen LogP contribution in [0.3, 0.4) is 0 Å². The Morgan fingerprint density at radius 2 is 2.20 bits per heavy atom. The van der Waals surface area contributed by atoms with E-state index in [1.165, 1.54) is 0 Å². The van der Waals surface area contributed by atoms with Crippen molar-refractivity contribution < 1.29 is 9.53 Å². The van der Waals surface area contributed by atoms with Crippen molar-refractivity contribution in [2.24, 2.45) is 5.73 Å². The highest BCUT2D eigenvalue weighted by Gasteiger charge is 2.05. The van der Waals surface area contributed by atoms with Crippen LogP contribution >= 0.6 is 0 Å². The van der Waals surface area contributed by atoms with E-state index in [0.29, 0.717) is 18.2 Å². The predicted molar refractivity (Wildman–Crippen MR) is 59.8 cm³/mol. The van der Waals surface area contributed by atoms with E-state index >= 15 is 0 Å². The van der Waals surface area contributed by atoms with Gasteiger partial charge >= 0.3 is 5.97 Å². The fourth-order valence-electron chi connectivity index (χ4n) is 1.24. The molecule has 0 unspecified atom stereocenters. The lowest BCUT2D eigenvalue weighted by atomic mass is 10.0. The van der Waals surface area contributed by atoms with Crippen LogP contribution in [0.2, 0.25) is 0 Å². The molecule has 0 bridgehead atoms. The second-order valence-electron chi connectivity index (χ2n) is 3.74. The summed E-state index contributed by atoms with van der Waals surface area (Å²) >= 11 is 0. The minimum Gasteiger partial charge on any atom is -0.426 e. The average molecular weight is 207 g/mol. The molecule has 1 rings (SSSR count). The van der Waals surface area contributed by atoms with Gasteiger partial charge in [0.15, 0.2) is 0 Å².